The van der Waals surface area contributed by atoms with Gasteiger partial charge >= 0.3 is 0 Å². The van der Waals surface area contributed by atoms with Gasteiger partial charge in [-0.2, -0.15) is 0 Å². The lowest BCUT2D eigenvalue weighted by Crippen LogP contribution is -2.01. The smallest absolute Gasteiger partial charge is 0.181 e. The summed E-state index contributed by atoms with van der Waals surface area (Å²) in [6, 6.07) is 1.63. The van der Waals surface area contributed by atoms with Gasteiger partial charge in [0.25, 0.3) is 0 Å². The number of halogens is 3. The molecule has 7 heteroatoms. The van der Waals surface area contributed by atoms with Gasteiger partial charge in [0.05, 0.1) is 16.9 Å². The van der Waals surface area contributed by atoms with Crippen molar-refractivity contribution in [3.63, 3.8) is 0 Å². The van der Waals surface area contributed by atoms with Crippen LogP contribution in [0.3, 0.4) is 0 Å². The molecule has 92 valence electrons. The van der Waals surface area contributed by atoms with Crippen LogP contribution in [0.4, 0.5) is 0 Å². The maximum Gasteiger partial charge on any atom is 0.181 e. The highest BCUT2D eigenvalue weighted by Crippen LogP contribution is 2.31. The molecule has 0 amide bonds. The Morgan fingerprint density at radius 2 is 1.89 bits per heavy atom. The van der Waals surface area contributed by atoms with Crippen molar-refractivity contribution in [3.8, 4) is 11.3 Å². The summed E-state index contributed by atoms with van der Waals surface area (Å²) >= 11 is 17.6. The molecule has 18 heavy (non-hydrogen) atoms. The Balaban J connectivity index is 2.62. The molecule has 0 aromatic carbocycles. The standard InChI is InChI=1S/C11H6Cl3N3O/c1-5(18)9-11(14)16-4-7(17-9)6-2-3-15-10(13)8(6)12/h2-4H,1H3. The van der Waals surface area contributed by atoms with Crippen molar-refractivity contribution >= 4 is 40.6 Å². The third-order valence-electron chi connectivity index (χ3n) is 2.18. The fourth-order valence-electron chi connectivity index (χ4n) is 1.34. The lowest BCUT2D eigenvalue weighted by Gasteiger charge is -2.06. The highest BCUT2D eigenvalue weighted by atomic mass is 35.5. The lowest BCUT2D eigenvalue weighted by atomic mass is 10.2. The van der Waals surface area contributed by atoms with E-state index in [1.165, 1.54) is 19.3 Å². The summed E-state index contributed by atoms with van der Waals surface area (Å²) < 4.78 is 0. The molecule has 0 aliphatic carbocycles. The molecule has 0 saturated heterocycles. The van der Waals surface area contributed by atoms with Gasteiger partial charge in [-0.25, -0.2) is 15.0 Å². The van der Waals surface area contributed by atoms with E-state index in [0.717, 1.165) is 0 Å². The Bertz CT molecular complexity index is 631. The van der Waals surface area contributed by atoms with Crippen LogP contribution >= 0.6 is 34.8 Å². The zero-order chi connectivity index (χ0) is 13.3. The van der Waals surface area contributed by atoms with Crippen LogP contribution in [0.15, 0.2) is 18.5 Å². The van der Waals surface area contributed by atoms with Crippen LogP contribution in [0.25, 0.3) is 11.3 Å². The molecular formula is C11H6Cl3N3O. The summed E-state index contributed by atoms with van der Waals surface area (Å²) in [7, 11) is 0. The highest BCUT2D eigenvalue weighted by Gasteiger charge is 2.14. The largest absolute Gasteiger partial charge is 0.293 e. The molecule has 2 heterocycles. The number of carbonyl (C=O) groups excluding carboxylic acids is 1. The van der Waals surface area contributed by atoms with Gasteiger partial charge in [-0.05, 0) is 6.07 Å². The fourth-order valence-corrected chi connectivity index (χ4v) is 1.94. The zero-order valence-corrected chi connectivity index (χ0v) is 11.4. The molecule has 2 aromatic heterocycles. The average Bonchev–Trinajstić information content (AvgIpc) is 2.33. The van der Waals surface area contributed by atoms with Crippen molar-refractivity contribution in [3.05, 3.63) is 39.5 Å². The monoisotopic (exact) mass is 301 g/mol. The molecule has 0 N–H and O–H groups in total. The minimum atomic E-state index is -0.273. The van der Waals surface area contributed by atoms with Gasteiger partial charge in [0.2, 0.25) is 0 Å². The Labute approximate surface area is 118 Å². The number of Topliss-reactive ketones (excluding diaryl/α,β-unsaturated/α-hetero) is 1. The van der Waals surface area contributed by atoms with Crippen molar-refractivity contribution in [2.45, 2.75) is 6.92 Å². The van der Waals surface area contributed by atoms with Crippen LogP contribution in [0.2, 0.25) is 15.3 Å². The van der Waals surface area contributed by atoms with E-state index < -0.39 is 0 Å². The van der Waals surface area contributed by atoms with E-state index in [4.69, 9.17) is 34.8 Å². The maximum atomic E-state index is 11.3. The van der Waals surface area contributed by atoms with E-state index in [0.29, 0.717) is 11.3 Å². The van der Waals surface area contributed by atoms with Crippen LogP contribution in [-0.4, -0.2) is 20.7 Å². The molecule has 0 bridgehead atoms. The summed E-state index contributed by atoms with van der Waals surface area (Å²) in [5.41, 5.74) is 1.06. The number of carbonyl (C=O) groups is 1. The zero-order valence-electron chi connectivity index (χ0n) is 9.12. The predicted octanol–water partition coefficient (Wildman–Crippen LogP) is 3.70. The Morgan fingerprint density at radius 3 is 2.56 bits per heavy atom. The van der Waals surface area contributed by atoms with Crippen LogP contribution in [0, 0.1) is 0 Å². The molecule has 2 rings (SSSR count). The van der Waals surface area contributed by atoms with Crippen molar-refractivity contribution in [1.82, 2.24) is 15.0 Å². The summed E-state index contributed by atoms with van der Waals surface area (Å²) in [5.74, 6) is -0.273. The minimum Gasteiger partial charge on any atom is -0.293 e. The van der Waals surface area contributed by atoms with E-state index in [-0.39, 0.29) is 26.8 Å². The molecule has 0 atom stereocenters. The van der Waals surface area contributed by atoms with E-state index in [2.05, 4.69) is 15.0 Å². The first-order valence-corrected chi connectivity index (χ1v) is 5.98. The first-order valence-electron chi connectivity index (χ1n) is 4.84. The summed E-state index contributed by atoms with van der Waals surface area (Å²) in [6.07, 6.45) is 2.92. The van der Waals surface area contributed by atoms with E-state index in [1.807, 2.05) is 0 Å². The van der Waals surface area contributed by atoms with Gasteiger partial charge in [0.15, 0.2) is 10.9 Å². The number of hydrogen-bond acceptors (Lipinski definition) is 4. The fraction of sp³-hybridized carbons (Fsp3) is 0.0909. The average molecular weight is 303 g/mol. The molecule has 0 aliphatic rings. The number of aromatic nitrogens is 3. The molecule has 0 unspecified atom stereocenters. The van der Waals surface area contributed by atoms with Crippen molar-refractivity contribution in [2.24, 2.45) is 0 Å². The first kappa shape index (κ1) is 13.2. The van der Waals surface area contributed by atoms with Crippen molar-refractivity contribution in [1.29, 1.82) is 0 Å². The molecule has 2 aromatic rings. The normalized spacial score (nSPS) is 10.4. The number of rotatable bonds is 2. The van der Waals surface area contributed by atoms with Gasteiger partial charge in [-0.15, -0.1) is 0 Å². The van der Waals surface area contributed by atoms with Gasteiger partial charge in [0, 0.05) is 18.7 Å². The second kappa shape index (κ2) is 5.18. The van der Waals surface area contributed by atoms with Crippen LogP contribution in [0.5, 0.6) is 0 Å². The molecule has 0 radical (unpaired) electrons. The highest BCUT2D eigenvalue weighted by molar-refractivity contribution is 6.42. The van der Waals surface area contributed by atoms with Gasteiger partial charge in [-0.1, -0.05) is 34.8 Å². The van der Waals surface area contributed by atoms with E-state index in [9.17, 15) is 4.79 Å². The van der Waals surface area contributed by atoms with E-state index >= 15 is 0 Å². The molecule has 0 aliphatic heterocycles. The molecule has 0 saturated carbocycles. The van der Waals surface area contributed by atoms with E-state index in [1.54, 1.807) is 6.07 Å². The topological polar surface area (TPSA) is 55.7 Å². The first-order chi connectivity index (χ1) is 8.50. The number of ketones is 1. The molecular weight excluding hydrogens is 296 g/mol. The summed E-state index contributed by atoms with van der Waals surface area (Å²) in [5, 5.41) is 0.475. The maximum absolute atomic E-state index is 11.3. The van der Waals surface area contributed by atoms with Crippen LogP contribution in [-0.2, 0) is 0 Å². The summed E-state index contributed by atoms with van der Waals surface area (Å²) in [6.45, 7) is 1.36. The lowest BCUT2D eigenvalue weighted by molar-refractivity contribution is 0.101. The van der Waals surface area contributed by atoms with Crippen LogP contribution in [0.1, 0.15) is 17.4 Å². The van der Waals surface area contributed by atoms with Crippen LogP contribution < -0.4 is 0 Å². The predicted molar refractivity (Wildman–Crippen MR) is 70.3 cm³/mol. The quantitative estimate of drug-likeness (QED) is 0.627. The number of pyridine rings is 1. The minimum absolute atomic E-state index is 0.0579. The van der Waals surface area contributed by atoms with Gasteiger partial charge in [-0.3, -0.25) is 4.79 Å². The third-order valence-corrected chi connectivity index (χ3v) is 3.23. The number of hydrogen-bond donors (Lipinski definition) is 0. The Hall–Kier alpha value is -1.23. The number of nitrogens with zero attached hydrogens (tertiary/aromatic N) is 3. The third kappa shape index (κ3) is 2.46. The summed E-state index contributed by atoms with van der Waals surface area (Å²) in [4.78, 5) is 23.2. The van der Waals surface area contributed by atoms with Gasteiger partial charge < -0.3 is 0 Å². The SMILES string of the molecule is CC(=O)c1nc(-c2ccnc(Cl)c2Cl)cnc1Cl. The van der Waals surface area contributed by atoms with Crippen molar-refractivity contribution in [2.75, 3.05) is 0 Å². The second-order valence-corrected chi connectivity index (χ2v) is 4.51. The van der Waals surface area contributed by atoms with Gasteiger partial charge in [0.1, 0.15) is 10.8 Å². The molecule has 4 nitrogen and oxygen atoms in total. The molecule has 0 spiro atoms. The van der Waals surface area contributed by atoms with Crippen molar-refractivity contribution < 1.29 is 4.79 Å². The second-order valence-electron chi connectivity index (χ2n) is 3.41. The molecule has 0 fully saturated rings. The Kier molecular flexibility index (Phi) is 3.80. The Morgan fingerprint density at radius 1 is 1.17 bits per heavy atom.